The molecule has 2 aromatic rings. The van der Waals surface area contributed by atoms with Crippen LogP contribution < -0.4 is 5.32 Å². The maximum absolute atomic E-state index is 13.2. The van der Waals surface area contributed by atoms with Gasteiger partial charge in [-0.1, -0.05) is 37.5 Å². The standard InChI is InChI=1S/C24H30N2O5S/c27-23(25-20-9-3-1-4-10-20)18-8-7-14-26(16-18)24(28)22-19(13-15-31-22)17-32(29,30)21-11-5-2-6-12-21/h2,5-6,11-13,15,18,20H,1,3-4,7-10,14,16-17H2,(H,25,27). The van der Waals surface area contributed by atoms with E-state index in [2.05, 4.69) is 5.32 Å². The van der Waals surface area contributed by atoms with Gasteiger partial charge in [-0.2, -0.15) is 0 Å². The van der Waals surface area contributed by atoms with Crippen LogP contribution in [0.4, 0.5) is 0 Å². The van der Waals surface area contributed by atoms with Gasteiger partial charge in [0, 0.05) is 24.7 Å². The lowest BCUT2D eigenvalue weighted by atomic mass is 9.93. The molecular formula is C24H30N2O5S. The minimum absolute atomic E-state index is 0.0146. The summed E-state index contributed by atoms with van der Waals surface area (Å²) in [6.07, 6.45) is 8.38. The fraction of sp³-hybridized carbons (Fsp3) is 0.500. The monoisotopic (exact) mass is 458 g/mol. The van der Waals surface area contributed by atoms with E-state index in [0.29, 0.717) is 18.7 Å². The van der Waals surface area contributed by atoms with Crippen LogP contribution in [0.25, 0.3) is 0 Å². The summed E-state index contributed by atoms with van der Waals surface area (Å²) in [7, 11) is -3.61. The minimum Gasteiger partial charge on any atom is -0.459 e. The van der Waals surface area contributed by atoms with Gasteiger partial charge in [0.25, 0.3) is 5.91 Å². The van der Waals surface area contributed by atoms with Crippen molar-refractivity contribution in [2.75, 3.05) is 13.1 Å². The summed E-state index contributed by atoms with van der Waals surface area (Å²) in [5.74, 6) is -0.864. The van der Waals surface area contributed by atoms with E-state index in [9.17, 15) is 18.0 Å². The molecule has 1 N–H and O–H groups in total. The normalized spacial score (nSPS) is 20.1. The van der Waals surface area contributed by atoms with Crippen LogP contribution in [0.15, 0.2) is 52.0 Å². The van der Waals surface area contributed by atoms with E-state index in [0.717, 1.165) is 38.5 Å². The molecule has 1 aromatic carbocycles. The van der Waals surface area contributed by atoms with Gasteiger partial charge >= 0.3 is 0 Å². The zero-order chi connectivity index (χ0) is 22.6. The van der Waals surface area contributed by atoms with Crippen molar-refractivity contribution >= 4 is 21.7 Å². The largest absolute Gasteiger partial charge is 0.459 e. The van der Waals surface area contributed by atoms with Crippen molar-refractivity contribution in [1.82, 2.24) is 10.2 Å². The molecule has 1 aliphatic heterocycles. The van der Waals surface area contributed by atoms with Crippen LogP contribution in [0, 0.1) is 5.92 Å². The molecule has 32 heavy (non-hydrogen) atoms. The SMILES string of the molecule is O=C(NC1CCCCC1)C1CCCN(C(=O)c2occc2CS(=O)(=O)c2ccccc2)C1. The highest BCUT2D eigenvalue weighted by atomic mass is 32.2. The average molecular weight is 459 g/mol. The minimum atomic E-state index is -3.61. The highest BCUT2D eigenvalue weighted by Crippen LogP contribution is 2.25. The van der Waals surface area contributed by atoms with E-state index in [1.807, 2.05) is 0 Å². The Labute approximate surface area is 189 Å². The number of nitrogens with zero attached hydrogens (tertiary/aromatic N) is 1. The lowest BCUT2D eigenvalue weighted by Gasteiger charge is -2.33. The third kappa shape index (κ3) is 5.23. The fourth-order valence-electron chi connectivity index (χ4n) is 4.64. The van der Waals surface area contributed by atoms with Crippen molar-refractivity contribution in [1.29, 1.82) is 0 Å². The number of hydrogen-bond donors (Lipinski definition) is 1. The van der Waals surface area contributed by atoms with Gasteiger partial charge in [0.15, 0.2) is 15.6 Å². The Bertz CT molecular complexity index is 1040. The molecule has 1 unspecified atom stereocenters. The van der Waals surface area contributed by atoms with Gasteiger partial charge in [0.05, 0.1) is 22.8 Å². The Morgan fingerprint density at radius 3 is 2.50 bits per heavy atom. The predicted octanol–water partition coefficient (Wildman–Crippen LogP) is 3.55. The first-order valence-corrected chi connectivity index (χ1v) is 13.0. The van der Waals surface area contributed by atoms with E-state index in [1.165, 1.54) is 30.9 Å². The molecule has 0 radical (unpaired) electrons. The Kier molecular flexibility index (Phi) is 6.98. The number of nitrogens with one attached hydrogen (secondary N) is 1. The van der Waals surface area contributed by atoms with Crippen LogP contribution in [0.3, 0.4) is 0 Å². The quantitative estimate of drug-likeness (QED) is 0.714. The number of carbonyl (C=O) groups is 2. The zero-order valence-electron chi connectivity index (χ0n) is 18.2. The zero-order valence-corrected chi connectivity index (χ0v) is 19.0. The second kappa shape index (κ2) is 9.90. The van der Waals surface area contributed by atoms with E-state index in [-0.39, 0.29) is 40.2 Å². The molecule has 2 fully saturated rings. The molecule has 1 aromatic heterocycles. The number of rotatable bonds is 6. The van der Waals surface area contributed by atoms with E-state index in [4.69, 9.17) is 4.42 Å². The molecular weight excluding hydrogens is 428 g/mol. The molecule has 1 aliphatic carbocycles. The van der Waals surface area contributed by atoms with Crippen LogP contribution in [0.1, 0.15) is 61.1 Å². The Hall–Kier alpha value is -2.61. The maximum atomic E-state index is 13.2. The third-order valence-electron chi connectivity index (χ3n) is 6.42. The number of sulfone groups is 1. The van der Waals surface area contributed by atoms with Crippen molar-refractivity contribution in [2.24, 2.45) is 5.92 Å². The van der Waals surface area contributed by atoms with Crippen molar-refractivity contribution in [3.63, 3.8) is 0 Å². The molecule has 1 saturated carbocycles. The van der Waals surface area contributed by atoms with Crippen molar-refractivity contribution in [2.45, 2.75) is 61.6 Å². The van der Waals surface area contributed by atoms with Crippen LogP contribution in [-0.4, -0.2) is 44.3 Å². The van der Waals surface area contributed by atoms with E-state index >= 15 is 0 Å². The molecule has 2 aliphatic rings. The maximum Gasteiger partial charge on any atom is 0.289 e. The van der Waals surface area contributed by atoms with Gasteiger partial charge in [-0.15, -0.1) is 0 Å². The molecule has 1 atom stereocenters. The number of benzene rings is 1. The van der Waals surface area contributed by atoms with Crippen LogP contribution in [0.2, 0.25) is 0 Å². The first kappa shape index (κ1) is 22.6. The highest BCUT2D eigenvalue weighted by Gasteiger charge is 2.32. The number of piperidine rings is 1. The molecule has 0 bridgehead atoms. The summed E-state index contributed by atoms with van der Waals surface area (Å²) >= 11 is 0. The van der Waals surface area contributed by atoms with Crippen LogP contribution in [0.5, 0.6) is 0 Å². The first-order chi connectivity index (χ1) is 15.4. The third-order valence-corrected chi connectivity index (χ3v) is 8.10. The molecule has 172 valence electrons. The number of hydrogen-bond acceptors (Lipinski definition) is 5. The number of amides is 2. The lowest BCUT2D eigenvalue weighted by molar-refractivity contribution is -0.127. The lowest BCUT2D eigenvalue weighted by Crippen LogP contribution is -2.48. The Morgan fingerprint density at radius 1 is 1.00 bits per heavy atom. The van der Waals surface area contributed by atoms with E-state index in [1.54, 1.807) is 23.1 Å². The summed E-state index contributed by atoms with van der Waals surface area (Å²) in [5, 5.41) is 3.16. The second-order valence-electron chi connectivity index (χ2n) is 8.78. The smallest absolute Gasteiger partial charge is 0.289 e. The summed E-state index contributed by atoms with van der Waals surface area (Å²) in [5.41, 5.74) is 0.340. The molecule has 2 amide bonds. The summed E-state index contributed by atoms with van der Waals surface area (Å²) < 4.78 is 30.9. The highest BCUT2D eigenvalue weighted by molar-refractivity contribution is 7.90. The second-order valence-corrected chi connectivity index (χ2v) is 10.8. The molecule has 7 nitrogen and oxygen atoms in total. The van der Waals surface area contributed by atoms with Gasteiger partial charge in [-0.3, -0.25) is 9.59 Å². The van der Waals surface area contributed by atoms with Crippen LogP contribution >= 0.6 is 0 Å². The summed E-state index contributed by atoms with van der Waals surface area (Å²) in [6.45, 7) is 0.848. The summed E-state index contributed by atoms with van der Waals surface area (Å²) in [4.78, 5) is 27.8. The van der Waals surface area contributed by atoms with Crippen molar-refractivity contribution < 1.29 is 22.4 Å². The van der Waals surface area contributed by atoms with Gasteiger partial charge in [0.2, 0.25) is 5.91 Å². The van der Waals surface area contributed by atoms with Crippen LogP contribution in [-0.2, 0) is 20.4 Å². The Morgan fingerprint density at radius 2 is 1.75 bits per heavy atom. The molecule has 1 saturated heterocycles. The van der Waals surface area contributed by atoms with E-state index < -0.39 is 9.84 Å². The number of furan rings is 1. The fourth-order valence-corrected chi connectivity index (χ4v) is 6.01. The van der Waals surface area contributed by atoms with Gasteiger partial charge in [0.1, 0.15) is 0 Å². The van der Waals surface area contributed by atoms with Crippen molar-refractivity contribution in [3.05, 3.63) is 54.0 Å². The van der Waals surface area contributed by atoms with Gasteiger partial charge < -0.3 is 14.6 Å². The molecule has 2 heterocycles. The average Bonchev–Trinajstić information content (AvgIpc) is 3.27. The predicted molar refractivity (Wildman–Crippen MR) is 120 cm³/mol. The molecule has 4 rings (SSSR count). The van der Waals surface area contributed by atoms with Gasteiger partial charge in [-0.05, 0) is 43.9 Å². The number of carbonyl (C=O) groups excluding carboxylic acids is 2. The molecule has 0 spiro atoms. The van der Waals surface area contributed by atoms with Crippen molar-refractivity contribution in [3.8, 4) is 0 Å². The first-order valence-electron chi connectivity index (χ1n) is 11.4. The Balaban J connectivity index is 1.42. The topological polar surface area (TPSA) is 96.7 Å². The molecule has 8 heteroatoms. The van der Waals surface area contributed by atoms with Gasteiger partial charge in [-0.25, -0.2) is 8.42 Å². The summed E-state index contributed by atoms with van der Waals surface area (Å²) in [6, 6.07) is 9.94. The number of likely N-dealkylation sites (tertiary alicyclic amines) is 1.